The van der Waals surface area contributed by atoms with E-state index in [-0.39, 0.29) is 23.4 Å². The van der Waals surface area contributed by atoms with Crippen molar-refractivity contribution in [1.29, 1.82) is 0 Å². The van der Waals surface area contributed by atoms with Gasteiger partial charge in [-0.2, -0.15) is 0 Å². The molecule has 0 radical (unpaired) electrons. The van der Waals surface area contributed by atoms with Crippen molar-refractivity contribution >= 4 is 17.5 Å². The lowest BCUT2D eigenvalue weighted by molar-refractivity contribution is 0.0785. The van der Waals surface area contributed by atoms with E-state index in [1.807, 2.05) is 0 Å². The Balaban J connectivity index is 1.62. The number of furan rings is 1. The van der Waals surface area contributed by atoms with Crippen molar-refractivity contribution in [2.45, 2.75) is 6.54 Å². The first kappa shape index (κ1) is 17.4. The Morgan fingerprint density at radius 3 is 2.35 bits per heavy atom. The van der Waals surface area contributed by atoms with E-state index >= 15 is 0 Å². The van der Waals surface area contributed by atoms with Crippen LogP contribution < -0.4 is 5.32 Å². The number of amides is 2. The highest BCUT2D eigenvalue weighted by atomic mass is 19.1. The summed E-state index contributed by atoms with van der Waals surface area (Å²) in [7, 11) is 1.68. The molecule has 6 heteroatoms. The summed E-state index contributed by atoms with van der Waals surface area (Å²) in [5.74, 6) is -0.625. The molecule has 3 rings (SSSR count). The molecule has 0 aliphatic heterocycles. The van der Waals surface area contributed by atoms with Crippen LogP contribution in [0, 0.1) is 5.82 Å². The van der Waals surface area contributed by atoms with Gasteiger partial charge in [-0.1, -0.05) is 12.1 Å². The molecule has 0 aliphatic carbocycles. The molecule has 0 aliphatic rings. The van der Waals surface area contributed by atoms with Crippen LogP contribution in [0.25, 0.3) is 0 Å². The standard InChI is InChI=1S/C20H17FN2O3/c1-23(13-14-4-8-16(21)9-5-14)20(25)15-6-10-17(11-7-15)22-19(24)18-3-2-12-26-18/h2-12H,13H2,1H3,(H,22,24). The predicted octanol–water partition coefficient (Wildman–Crippen LogP) is 3.94. The molecule has 0 spiro atoms. The van der Waals surface area contributed by atoms with Gasteiger partial charge in [-0.3, -0.25) is 9.59 Å². The summed E-state index contributed by atoms with van der Waals surface area (Å²) in [6.07, 6.45) is 1.42. The Kier molecular flexibility index (Phi) is 5.12. The average molecular weight is 352 g/mol. The molecule has 0 atom stereocenters. The molecule has 1 aromatic heterocycles. The molecule has 0 fully saturated rings. The normalized spacial score (nSPS) is 10.4. The van der Waals surface area contributed by atoms with Crippen molar-refractivity contribution in [1.82, 2.24) is 4.90 Å². The summed E-state index contributed by atoms with van der Waals surface area (Å²) < 4.78 is 18.0. The zero-order chi connectivity index (χ0) is 18.5. The number of nitrogens with one attached hydrogen (secondary N) is 1. The first-order chi connectivity index (χ1) is 12.5. The lowest BCUT2D eigenvalue weighted by atomic mass is 10.1. The lowest BCUT2D eigenvalue weighted by Crippen LogP contribution is -2.26. The van der Waals surface area contributed by atoms with E-state index < -0.39 is 0 Å². The van der Waals surface area contributed by atoms with Crippen LogP contribution in [0.3, 0.4) is 0 Å². The van der Waals surface area contributed by atoms with Crippen LogP contribution in [-0.4, -0.2) is 23.8 Å². The predicted molar refractivity (Wildman–Crippen MR) is 95.3 cm³/mol. The second-order valence-corrected chi connectivity index (χ2v) is 5.80. The number of benzene rings is 2. The maximum absolute atomic E-state index is 12.9. The third-order valence-electron chi connectivity index (χ3n) is 3.81. The number of carbonyl (C=O) groups excluding carboxylic acids is 2. The number of halogens is 1. The van der Waals surface area contributed by atoms with E-state index in [0.717, 1.165) is 5.56 Å². The first-order valence-corrected chi connectivity index (χ1v) is 7.98. The van der Waals surface area contributed by atoms with Crippen LogP contribution >= 0.6 is 0 Å². The second kappa shape index (κ2) is 7.65. The third kappa shape index (κ3) is 4.16. The summed E-state index contributed by atoms with van der Waals surface area (Å²) in [6.45, 7) is 0.371. The summed E-state index contributed by atoms with van der Waals surface area (Å²) in [5.41, 5.74) is 1.89. The fraction of sp³-hybridized carbons (Fsp3) is 0.100. The Bertz CT molecular complexity index is 888. The van der Waals surface area contributed by atoms with Crippen molar-refractivity contribution in [3.63, 3.8) is 0 Å². The van der Waals surface area contributed by atoms with E-state index in [2.05, 4.69) is 5.32 Å². The molecule has 1 heterocycles. The van der Waals surface area contributed by atoms with E-state index in [4.69, 9.17) is 4.42 Å². The SMILES string of the molecule is CN(Cc1ccc(F)cc1)C(=O)c1ccc(NC(=O)c2ccco2)cc1. The molecule has 2 amide bonds. The summed E-state index contributed by atoms with van der Waals surface area (Å²) in [4.78, 5) is 26.0. The quantitative estimate of drug-likeness (QED) is 0.756. The highest BCUT2D eigenvalue weighted by Gasteiger charge is 2.13. The molecule has 0 saturated carbocycles. The van der Waals surface area contributed by atoms with E-state index in [9.17, 15) is 14.0 Å². The van der Waals surface area contributed by atoms with Crippen molar-refractivity contribution < 1.29 is 18.4 Å². The molecule has 0 unspecified atom stereocenters. The van der Waals surface area contributed by atoms with Gasteiger partial charge >= 0.3 is 0 Å². The highest BCUT2D eigenvalue weighted by Crippen LogP contribution is 2.14. The zero-order valence-corrected chi connectivity index (χ0v) is 14.1. The summed E-state index contributed by atoms with van der Waals surface area (Å²) in [5, 5.41) is 2.69. The minimum absolute atomic E-state index is 0.168. The molecule has 3 aromatic rings. The van der Waals surface area contributed by atoms with Gasteiger partial charge in [-0.15, -0.1) is 0 Å². The summed E-state index contributed by atoms with van der Waals surface area (Å²) >= 11 is 0. The Labute approximate surface area is 150 Å². The number of nitrogens with zero attached hydrogens (tertiary/aromatic N) is 1. The number of hydrogen-bond donors (Lipinski definition) is 1. The van der Waals surface area contributed by atoms with Crippen molar-refractivity contribution in [2.75, 3.05) is 12.4 Å². The van der Waals surface area contributed by atoms with Gasteiger partial charge in [-0.05, 0) is 54.1 Å². The minimum atomic E-state index is -0.359. The maximum Gasteiger partial charge on any atom is 0.291 e. The first-order valence-electron chi connectivity index (χ1n) is 7.98. The van der Waals surface area contributed by atoms with Gasteiger partial charge in [0.1, 0.15) is 5.82 Å². The van der Waals surface area contributed by atoms with Crippen LogP contribution in [0.15, 0.2) is 71.3 Å². The minimum Gasteiger partial charge on any atom is -0.459 e. The topological polar surface area (TPSA) is 62.6 Å². The molecular formula is C20H17FN2O3. The van der Waals surface area contributed by atoms with Gasteiger partial charge in [0.25, 0.3) is 11.8 Å². The van der Waals surface area contributed by atoms with Gasteiger partial charge in [0, 0.05) is 24.8 Å². The van der Waals surface area contributed by atoms with Crippen molar-refractivity contribution in [3.05, 3.63) is 89.6 Å². The monoisotopic (exact) mass is 352 g/mol. The molecule has 0 bridgehead atoms. The van der Waals surface area contributed by atoms with Crippen LogP contribution in [0.1, 0.15) is 26.5 Å². The highest BCUT2D eigenvalue weighted by molar-refractivity contribution is 6.02. The fourth-order valence-electron chi connectivity index (χ4n) is 2.45. The van der Waals surface area contributed by atoms with E-state index in [0.29, 0.717) is 17.8 Å². The Morgan fingerprint density at radius 2 is 1.73 bits per heavy atom. The molecule has 0 saturated heterocycles. The van der Waals surface area contributed by atoms with Crippen LogP contribution in [0.4, 0.5) is 10.1 Å². The smallest absolute Gasteiger partial charge is 0.291 e. The Morgan fingerprint density at radius 1 is 1.04 bits per heavy atom. The third-order valence-corrected chi connectivity index (χ3v) is 3.81. The maximum atomic E-state index is 12.9. The molecule has 2 aromatic carbocycles. The molecular weight excluding hydrogens is 335 g/mol. The molecule has 5 nitrogen and oxygen atoms in total. The lowest BCUT2D eigenvalue weighted by Gasteiger charge is -2.17. The van der Waals surface area contributed by atoms with Gasteiger partial charge in [0.2, 0.25) is 0 Å². The van der Waals surface area contributed by atoms with E-state index in [1.54, 1.807) is 60.5 Å². The summed E-state index contributed by atoms with van der Waals surface area (Å²) in [6, 6.07) is 15.8. The number of carbonyl (C=O) groups is 2. The van der Waals surface area contributed by atoms with Gasteiger partial charge < -0.3 is 14.6 Å². The molecule has 26 heavy (non-hydrogen) atoms. The average Bonchev–Trinajstić information content (AvgIpc) is 3.18. The van der Waals surface area contributed by atoms with E-state index in [1.165, 1.54) is 18.4 Å². The van der Waals surface area contributed by atoms with Gasteiger partial charge in [0.05, 0.1) is 6.26 Å². The zero-order valence-electron chi connectivity index (χ0n) is 14.1. The van der Waals surface area contributed by atoms with Crippen LogP contribution in [0.2, 0.25) is 0 Å². The van der Waals surface area contributed by atoms with Gasteiger partial charge in [-0.25, -0.2) is 4.39 Å². The Hall–Kier alpha value is -3.41. The molecule has 132 valence electrons. The fourth-order valence-corrected chi connectivity index (χ4v) is 2.45. The number of anilines is 1. The second-order valence-electron chi connectivity index (χ2n) is 5.80. The van der Waals surface area contributed by atoms with Crippen molar-refractivity contribution in [3.8, 4) is 0 Å². The molecule has 1 N–H and O–H groups in total. The van der Waals surface area contributed by atoms with Crippen LogP contribution in [0.5, 0.6) is 0 Å². The largest absolute Gasteiger partial charge is 0.459 e. The van der Waals surface area contributed by atoms with Crippen LogP contribution in [-0.2, 0) is 6.54 Å². The number of hydrogen-bond acceptors (Lipinski definition) is 3. The number of rotatable bonds is 5. The van der Waals surface area contributed by atoms with Gasteiger partial charge in [0.15, 0.2) is 5.76 Å². The van der Waals surface area contributed by atoms with Crippen molar-refractivity contribution in [2.24, 2.45) is 0 Å².